The predicted molar refractivity (Wildman–Crippen MR) is 86.5 cm³/mol. The molecule has 130 valence electrons. The minimum Gasteiger partial charge on any atom is -0.387 e. The zero-order valence-electron chi connectivity index (χ0n) is 13.2. The monoisotopic (exact) mass is 347 g/mol. The van der Waals surface area contributed by atoms with Gasteiger partial charge < -0.3 is 10.4 Å². The Morgan fingerprint density at radius 1 is 1.04 bits per heavy atom. The Labute approximate surface area is 142 Å². The molecule has 0 saturated heterocycles. The topological polar surface area (TPSA) is 50.1 Å². The lowest BCUT2D eigenvalue weighted by atomic mass is 10.1. The zero-order chi connectivity index (χ0) is 17.8. The molecule has 2 aromatic carbocycles. The summed E-state index contributed by atoms with van der Waals surface area (Å²) in [5.41, 5.74) is 1.89. The fourth-order valence-corrected chi connectivity index (χ4v) is 2.38. The first kappa shape index (κ1) is 17.2. The highest BCUT2D eigenvalue weighted by molar-refractivity contribution is 5.31. The number of aromatic nitrogens is 2. The van der Waals surface area contributed by atoms with Gasteiger partial charge in [0.05, 0.1) is 18.0 Å². The van der Waals surface area contributed by atoms with Crippen LogP contribution >= 0.6 is 0 Å². The third-order valence-electron chi connectivity index (χ3n) is 3.72. The first-order valence-electron chi connectivity index (χ1n) is 7.66. The maximum absolute atomic E-state index is 13.2. The molecule has 1 aromatic heterocycles. The zero-order valence-corrected chi connectivity index (χ0v) is 13.2. The van der Waals surface area contributed by atoms with E-state index in [0.29, 0.717) is 12.1 Å². The smallest absolute Gasteiger partial charge is 0.159 e. The molecule has 1 unspecified atom stereocenters. The van der Waals surface area contributed by atoms with Crippen molar-refractivity contribution >= 4 is 0 Å². The third-order valence-corrected chi connectivity index (χ3v) is 3.72. The van der Waals surface area contributed by atoms with E-state index in [1.54, 1.807) is 29.2 Å². The van der Waals surface area contributed by atoms with Crippen LogP contribution in [0.2, 0.25) is 0 Å². The number of rotatable bonds is 6. The summed E-state index contributed by atoms with van der Waals surface area (Å²) in [7, 11) is 0. The molecule has 3 aromatic rings. The van der Waals surface area contributed by atoms with Crippen molar-refractivity contribution < 1.29 is 18.3 Å². The highest BCUT2D eigenvalue weighted by atomic mass is 19.2. The van der Waals surface area contributed by atoms with Gasteiger partial charge in [-0.05, 0) is 42.0 Å². The molecule has 1 heterocycles. The first-order valence-corrected chi connectivity index (χ1v) is 7.66. The molecule has 7 heteroatoms. The number of hydrogen-bond donors (Lipinski definition) is 2. The van der Waals surface area contributed by atoms with Crippen molar-refractivity contribution in [3.8, 4) is 5.69 Å². The molecule has 1 atom stereocenters. The molecule has 0 saturated carbocycles. The SMILES string of the molecule is OC(CNCc1cnn(-c2ccc(F)cc2)c1)c1ccc(F)c(F)c1. The summed E-state index contributed by atoms with van der Waals surface area (Å²) >= 11 is 0. The van der Waals surface area contributed by atoms with Gasteiger partial charge in [-0.1, -0.05) is 6.07 Å². The number of halogens is 3. The van der Waals surface area contributed by atoms with Crippen molar-refractivity contribution in [3.05, 3.63) is 83.4 Å². The molecular weight excluding hydrogens is 331 g/mol. The molecule has 0 aliphatic carbocycles. The van der Waals surface area contributed by atoms with Crippen LogP contribution in [0.3, 0.4) is 0 Å². The van der Waals surface area contributed by atoms with Crippen molar-refractivity contribution in [2.45, 2.75) is 12.6 Å². The Bertz CT molecular complexity index is 849. The number of nitrogens with zero attached hydrogens (tertiary/aromatic N) is 2. The Morgan fingerprint density at radius 3 is 2.52 bits per heavy atom. The minimum absolute atomic E-state index is 0.173. The van der Waals surface area contributed by atoms with Gasteiger partial charge in [-0.2, -0.15) is 5.10 Å². The molecule has 0 bridgehead atoms. The second-order valence-electron chi connectivity index (χ2n) is 5.59. The van der Waals surface area contributed by atoms with Gasteiger partial charge in [0.2, 0.25) is 0 Å². The summed E-state index contributed by atoms with van der Waals surface area (Å²) in [6.07, 6.45) is 2.48. The van der Waals surface area contributed by atoms with Crippen LogP contribution in [-0.2, 0) is 6.54 Å². The van der Waals surface area contributed by atoms with E-state index in [1.165, 1.54) is 18.2 Å². The lowest BCUT2D eigenvalue weighted by Gasteiger charge is -2.12. The maximum Gasteiger partial charge on any atom is 0.159 e. The van der Waals surface area contributed by atoms with Gasteiger partial charge in [0.15, 0.2) is 11.6 Å². The number of aliphatic hydroxyl groups excluding tert-OH is 1. The Balaban J connectivity index is 1.55. The van der Waals surface area contributed by atoms with E-state index >= 15 is 0 Å². The molecule has 3 rings (SSSR count). The predicted octanol–water partition coefficient (Wildman–Crippen LogP) is 3.11. The van der Waals surface area contributed by atoms with Gasteiger partial charge in [-0.15, -0.1) is 0 Å². The van der Waals surface area contributed by atoms with E-state index in [9.17, 15) is 18.3 Å². The number of hydrogen-bond acceptors (Lipinski definition) is 3. The number of benzene rings is 2. The highest BCUT2D eigenvalue weighted by Gasteiger charge is 2.11. The summed E-state index contributed by atoms with van der Waals surface area (Å²) in [6.45, 7) is 0.606. The Hall–Kier alpha value is -2.64. The second kappa shape index (κ2) is 7.50. The Morgan fingerprint density at radius 2 is 1.80 bits per heavy atom. The summed E-state index contributed by atoms with van der Waals surface area (Å²) in [5, 5.41) is 17.2. The summed E-state index contributed by atoms with van der Waals surface area (Å²) < 4.78 is 40.6. The van der Waals surface area contributed by atoms with Crippen molar-refractivity contribution in [3.63, 3.8) is 0 Å². The molecule has 4 nitrogen and oxygen atoms in total. The number of aliphatic hydroxyl groups is 1. The molecule has 0 spiro atoms. The van der Waals surface area contributed by atoms with Crippen molar-refractivity contribution in [1.82, 2.24) is 15.1 Å². The van der Waals surface area contributed by atoms with Crippen LogP contribution in [0.25, 0.3) is 5.69 Å². The van der Waals surface area contributed by atoms with E-state index in [-0.39, 0.29) is 12.4 Å². The van der Waals surface area contributed by atoms with Crippen LogP contribution in [-0.4, -0.2) is 21.4 Å². The van der Waals surface area contributed by atoms with E-state index in [0.717, 1.165) is 23.4 Å². The molecule has 0 fully saturated rings. The van der Waals surface area contributed by atoms with Gasteiger partial charge in [-0.3, -0.25) is 0 Å². The fraction of sp³-hybridized carbons (Fsp3) is 0.167. The summed E-state index contributed by atoms with van der Waals surface area (Å²) in [6, 6.07) is 9.26. The Kier molecular flexibility index (Phi) is 5.16. The largest absolute Gasteiger partial charge is 0.387 e. The average molecular weight is 347 g/mol. The highest BCUT2D eigenvalue weighted by Crippen LogP contribution is 2.16. The third kappa shape index (κ3) is 4.26. The summed E-state index contributed by atoms with van der Waals surface area (Å²) in [5.74, 6) is -2.25. The van der Waals surface area contributed by atoms with Crippen LogP contribution in [0.15, 0.2) is 54.9 Å². The van der Waals surface area contributed by atoms with E-state index < -0.39 is 17.7 Å². The standard InChI is InChI=1S/C18H16F3N3O/c19-14-2-4-15(5-3-14)24-11-12(9-23-24)8-22-10-18(25)13-1-6-16(20)17(21)7-13/h1-7,9,11,18,22,25H,8,10H2. The maximum atomic E-state index is 13.2. The van der Waals surface area contributed by atoms with Gasteiger partial charge in [0, 0.05) is 24.8 Å². The normalized spacial score (nSPS) is 12.3. The van der Waals surface area contributed by atoms with Gasteiger partial charge in [-0.25, -0.2) is 17.9 Å². The van der Waals surface area contributed by atoms with Crippen LogP contribution in [0.4, 0.5) is 13.2 Å². The molecule has 0 radical (unpaired) electrons. The average Bonchev–Trinajstić information content (AvgIpc) is 3.06. The fourth-order valence-electron chi connectivity index (χ4n) is 2.38. The van der Waals surface area contributed by atoms with Crippen LogP contribution < -0.4 is 5.32 Å². The van der Waals surface area contributed by atoms with Crippen molar-refractivity contribution in [2.24, 2.45) is 0 Å². The van der Waals surface area contributed by atoms with Gasteiger partial charge in [0.25, 0.3) is 0 Å². The van der Waals surface area contributed by atoms with Crippen LogP contribution in [0.1, 0.15) is 17.2 Å². The second-order valence-corrected chi connectivity index (χ2v) is 5.59. The lowest BCUT2D eigenvalue weighted by Crippen LogP contribution is -2.21. The van der Waals surface area contributed by atoms with Crippen LogP contribution in [0, 0.1) is 17.5 Å². The van der Waals surface area contributed by atoms with E-state index in [4.69, 9.17) is 0 Å². The first-order chi connectivity index (χ1) is 12.0. The molecule has 0 amide bonds. The molecule has 2 N–H and O–H groups in total. The lowest BCUT2D eigenvalue weighted by molar-refractivity contribution is 0.173. The van der Waals surface area contributed by atoms with Crippen LogP contribution in [0.5, 0.6) is 0 Å². The molecule has 0 aliphatic rings. The van der Waals surface area contributed by atoms with Crippen molar-refractivity contribution in [1.29, 1.82) is 0 Å². The quantitative estimate of drug-likeness (QED) is 0.720. The van der Waals surface area contributed by atoms with E-state index in [2.05, 4.69) is 10.4 Å². The van der Waals surface area contributed by atoms with Gasteiger partial charge >= 0.3 is 0 Å². The number of nitrogens with one attached hydrogen (secondary N) is 1. The molecule has 25 heavy (non-hydrogen) atoms. The van der Waals surface area contributed by atoms with Gasteiger partial charge in [0.1, 0.15) is 5.82 Å². The summed E-state index contributed by atoms with van der Waals surface area (Å²) in [4.78, 5) is 0. The molecule has 0 aliphatic heterocycles. The van der Waals surface area contributed by atoms with E-state index in [1.807, 2.05) is 0 Å². The minimum atomic E-state index is -0.989. The molecular formula is C18H16F3N3O. The van der Waals surface area contributed by atoms with Crippen molar-refractivity contribution in [2.75, 3.05) is 6.54 Å².